The van der Waals surface area contributed by atoms with E-state index in [1.807, 2.05) is 0 Å². The summed E-state index contributed by atoms with van der Waals surface area (Å²) in [4.78, 5) is 0. The van der Waals surface area contributed by atoms with Crippen LogP contribution in [-0.4, -0.2) is 22.5 Å². The molecule has 0 saturated heterocycles. The van der Waals surface area contributed by atoms with Gasteiger partial charge in [-0.25, -0.2) is 0 Å². The summed E-state index contributed by atoms with van der Waals surface area (Å²) in [6.07, 6.45) is 3.27. The van der Waals surface area contributed by atoms with Crippen molar-refractivity contribution in [3.05, 3.63) is 78.9 Å². The molecular formula is C25H38OSi2. The van der Waals surface area contributed by atoms with Gasteiger partial charge in [-0.15, -0.1) is 6.58 Å². The fourth-order valence-electron chi connectivity index (χ4n) is 3.61. The maximum atomic E-state index is 7.07. The van der Waals surface area contributed by atoms with Crippen molar-refractivity contribution in [2.45, 2.75) is 70.1 Å². The maximum Gasteiger partial charge on any atom is 0.192 e. The molecule has 0 aliphatic heterocycles. The molecule has 0 amide bonds. The van der Waals surface area contributed by atoms with Gasteiger partial charge in [-0.05, 0) is 30.1 Å². The molecule has 2 aromatic rings. The summed E-state index contributed by atoms with van der Waals surface area (Å²) < 4.78 is 7.07. The minimum absolute atomic E-state index is 0.155. The van der Waals surface area contributed by atoms with E-state index in [-0.39, 0.29) is 11.1 Å². The fraction of sp³-hybridized carbons (Fsp3) is 0.440. The van der Waals surface area contributed by atoms with Crippen LogP contribution in [0.2, 0.25) is 36.8 Å². The van der Waals surface area contributed by atoms with Crippen LogP contribution in [0.3, 0.4) is 0 Å². The number of rotatable bonds is 8. The molecule has 0 N–H and O–H groups in total. The average Bonchev–Trinajstić information content (AvgIpc) is 2.62. The topological polar surface area (TPSA) is 9.23 Å². The fourth-order valence-corrected chi connectivity index (χ4v) is 8.23. The summed E-state index contributed by atoms with van der Waals surface area (Å²) in [6, 6.07) is 21.8. The van der Waals surface area contributed by atoms with Gasteiger partial charge in [0.2, 0.25) is 0 Å². The van der Waals surface area contributed by atoms with Gasteiger partial charge >= 0.3 is 0 Å². The van der Waals surface area contributed by atoms with Crippen molar-refractivity contribution in [2.24, 2.45) is 0 Å². The molecule has 0 saturated carbocycles. The van der Waals surface area contributed by atoms with Crippen LogP contribution in [0.4, 0.5) is 0 Å². The Morgan fingerprint density at radius 3 is 1.86 bits per heavy atom. The van der Waals surface area contributed by atoms with Crippen LogP contribution < -0.4 is 5.19 Å². The molecular weight excluding hydrogens is 372 g/mol. The van der Waals surface area contributed by atoms with Gasteiger partial charge in [-0.1, -0.05) is 106 Å². The number of hydrogen-bond acceptors (Lipinski definition) is 1. The van der Waals surface area contributed by atoms with Gasteiger partial charge < -0.3 is 4.43 Å². The van der Waals surface area contributed by atoms with Crippen LogP contribution in [0.1, 0.15) is 26.3 Å². The standard InChI is InChI=1S/C25H38OSi2/c1-9-24(27(5,6)22-18-14-11-15-19-22)23(20-21-16-12-10-13-17-21)26-28(7,8)25(2,3)4/h9-19,23-24H,1,20H2,2-8H3/t23-,24+/m0/s1. The number of benzene rings is 2. The van der Waals surface area contributed by atoms with Gasteiger partial charge in [0.05, 0.1) is 14.2 Å². The first kappa shape index (κ1) is 22.9. The maximum absolute atomic E-state index is 7.07. The van der Waals surface area contributed by atoms with E-state index in [1.165, 1.54) is 10.8 Å². The van der Waals surface area contributed by atoms with E-state index in [4.69, 9.17) is 4.43 Å². The second-order valence-electron chi connectivity index (χ2n) is 9.96. The van der Waals surface area contributed by atoms with Crippen molar-refractivity contribution < 1.29 is 4.43 Å². The first-order valence-electron chi connectivity index (χ1n) is 10.4. The Hall–Kier alpha value is -1.43. The van der Waals surface area contributed by atoms with Gasteiger partial charge in [0.25, 0.3) is 0 Å². The van der Waals surface area contributed by atoms with Crippen LogP contribution in [0, 0.1) is 0 Å². The highest BCUT2D eigenvalue weighted by Crippen LogP contribution is 2.41. The smallest absolute Gasteiger partial charge is 0.192 e. The molecule has 3 heteroatoms. The Balaban J connectivity index is 2.44. The second-order valence-corrected chi connectivity index (χ2v) is 19.4. The molecule has 1 nitrogen and oxygen atoms in total. The lowest BCUT2D eigenvalue weighted by atomic mass is 10.1. The summed E-state index contributed by atoms with van der Waals surface area (Å²) in [5, 5.41) is 1.66. The predicted octanol–water partition coefficient (Wildman–Crippen LogP) is 6.79. The normalized spacial score (nSPS) is 15.1. The minimum Gasteiger partial charge on any atom is -0.413 e. The lowest BCUT2D eigenvalue weighted by Crippen LogP contribution is -2.53. The predicted molar refractivity (Wildman–Crippen MR) is 130 cm³/mol. The van der Waals surface area contributed by atoms with Crippen LogP contribution in [0.5, 0.6) is 0 Å². The van der Waals surface area contributed by atoms with E-state index in [1.54, 1.807) is 0 Å². The van der Waals surface area contributed by atoms with Crippen molar-refractivity contribution in [2.75, 3.05) is 0 Å². The summed E-state index contributed by atoms with van der Waals surface area (Å²) in [7, 11) is -3.71. The summed E-state index contributed by atoms with van der Waals surface area (Å²) in [5.41, 5.74) is 1.69. The average molecular weight is 411 g/mol. The Bertz CT molecular complexity index is 745. The third kappa shape index (κ3) is 5.34. The van der Waals surface area contributed by atoms with E-state index in [0.29, 0.717) is 5.54 Å². The highest BCUT2D eigenvalue weighted by molar-refractivity contribution is 6.91. The van der Waals surface area contributed by atoms with Gasteiger partial charge in [0.1, 0.15) is 0 Å². The second kappa shape index (κ2) is 8.94. The third-order valence-corrected chi connectivity index (χ3v) is 15.1. The van der Waals surface area contributed by atoms with E-state index in [0.717, 1.165) is 6.42 Å². The van der Waals surface area contributed by atoms with E-state index in [2.05, 4.69) is 120 Å². The lowest BCUT2D eigenvalue weighted by molar-refractivity contribution is 0.182. The monoisotopic (exact) mass is 410 g/mol. The number of hydrogen-bond donors (Lipinski definition) is 0. The zero-order valence-electron chi connectivity index (χ0n) is 18.8. The first-order chi connectivity index (χ1) is 13.0. The Morgan fingerprint density at radius 2 is 1.39 bits per heavy atom. The molecule has 0 aliphatic carbocycles. The molecule has 0 unspecified atom stereocenters. The van der Waals surface area contributed by atoms with Gasteiger partial charge in [0, 0.05) is 5.54 Å². The molecule has 2 aromatic carbocycles. The van der Waals surface area contributed by atoms with Crippen LogP contribution in [0.15, 0.2) is 73.3 Å². The quantitative estimate of drug-likeness (QED) is 0.344. The summed E-state index contributed by atoms with van der Waals surface area (Å²) in [6.45, 7) is 20.9. The third-order valence-electron chi connectivity index (χ3n) is 6.54. The van der Waals surface area contributed by atoms with Crippen LogP contribution in [0.25, 0.3) is 0 Å². The summed E-state index contributed by atoms with van der Waals surface area (Å²) >= 11 is 0. The molecule has 0 heterocycles. The van der Waals surface area contributed by atoms with Crippen molar-refractivity contribution in [1.29, 1.82) is 0 Å². The lowest BCUT2D eigenvalue weighted by Gasteiger charge is -2.44. The van der Waals surface area contributed by atoms with E-state index < -0.39 is 16.4 Å². The molecule has 0 bridgehead atoms. The Labute approximate surface area is 175 Å². The van der Waals surface area contributed by atoms with Gasteiger partial charge in [-0.2, -0.15) is 0 Å². The molecule has 0 aliphatic rings. The molecule has 28 heavy (non-hydrogen) atoms. The summed E-state index contributed by atoms with van der Waals surface area (Å²) in [5.74, 6) is 0. The Morgan fingerprint density at radius 1 is 0.893 bits per heavy atom. The van der Waals surface area contributed by atoms with E-state index >= 15 is 0 Å². The van der Waals surface area contributed by atoms with Crippen molar-refractivity contribution in [1.82, 2.24) is 0 Å². The molecule has 0 fully saturated rings. The molecule has 2 rings (SSSR count). The van der Waals surface area contributed by atoms with Crippen molar-refractivity contribution >= 4 is 21.6 Å². The first-order valence-corrected chi connectivity index (χ1v) is 16.4. The van der Waals surface area contributed by atoms with Crippen molar-refractivity contribution in [3.63, 3.8) is 0 Å². The van der Waals surface area contributed by atoms with E-state index in [9.17, 15) is 0 Å². The molecule has 0 spiro atoms. The molecule has 0 radical (unpaired) electrons. The highest BCUT2D eigenvalue weighted by Gasteiger charge is 2.44. The van der Waals surface area contributed by atoms with Crippen LogP contribution >= 0.6 is 0 Å². The van der Waals surface area contributed by atoms with Gasteiger partial charge in [-0.3, -0.25) is 0 Å². The van der Waals surface area contributed by atoms with Gasteiger partial charge in [0.15, 0.2) is 8.32 Å². The van der Waals surface area contributed by atoms with Crippen LogP contribution in [-0.2, 0) is 10.8 Å². The SMILES string of the molecule is C=C[C@H]([C@H](Cc1ccccc1)O[Si](C)(C)C(C)(C)C)[Si](C)(C)c1ccccc1. The zero-order chi connectivity index (χ0) is 21.0. The molecule has 152 valence electrons. The molecule has 0 aromatic heterocycles. The van der Waals surface area contributed by atoms with Crippen molar-refractivity contribution in [3.8, 4) is 0 Å². The highest BCUT2D eigenvalue weighted by atomic mass is 28.4. The molecule has 2 atom stereocenters. The zero-order valence-corrected chi connectivity index (χ0v) is 20.8. The Kier molecular flexibility index (Phi) is 7.29. The minimum atomic E-state index is -1.91. The largest absolute Gasteiger partial charge is 0.413 e.